The molecule has 1 atom stereocenters. The number of quaternary nitrogens is 1. The molecule has 3 aromatic carbocycles. The number of imidazole rings is 1. The zero-order chi connectivity index (χ0) is 41.4. The number of benzene rings is 3. The molecule has 0 aliphatic carbocycles. The number of nitrogens with one attached hydrogen (secondary N) is 2. The number of methoxy groups -OCH3 is 1. The first-order valence-corrected chi connectivity index (χ1v) is 19.5. The number of rotatable bonds is 20. The number of aryl methyl sites for hydroxylation is 1. The van der Waals surface area contributed by atoms with E-state index < -0.39 is 17.6 Å². The summed E-state index contributed by atoms with van der Waals surface area (Å²) in [5.74, 6) is -3.52. The Hall–Kier alpha value is -6.22. The van der Waals surface area contributed by atoms with E-state index in [4.69, 9.17) is 4.74 Å². The van der Waals surface area contributed by atoms with Gasteiger partial charge in [0.15, 0.2) is 29.6 Å². The van der Waals surface area contributed by atoms with Crippen LogP contribution >= 0.6 is 0 Å². The highest BCUT2D eigenvalue weighted by Crippen LogP contribution is 2.32. The van der Waals surface area contributed by atoms with Crippen LogP contribution in [0.2, 0.25) is 0 Å². The van der Waals surface area contributed by atoms with Crippen LogP contribution in [0.1, 0.15) is 82.1 Å². The van der Waals surface area contributed by atoms with Crippen LogP contribution in [0, 0.1) is 11.6 Å². The molecule has 0 radical (unpaired) electrons. The molecule has 0 saturated carbocycles. The van der Waals surface area contributed by atoms with Crippen LogP contribution in [0.5, 0.6) is 5.75 Å². The fourth-order valence-corrected chi connectivity index (χ4v) is 7.49. The van der Waals surface area contributed by atoms with Crippen LogP contribution in [0.15, 0.2) is 73.2 Å². The van der Waals surface area contributed by atoms with Gasteiger partial charge in [0, 0.05) is 42.3 Å². The Morgan fingerprint density at radius 3 is 2.26 bits per heavy atom. The number of carboxylic acids is 1. The molecule has 1 aliphatic rings. The number of anilines is 2. The van der Waals surface area contributed by atoms with Crippen molar-refractivity contribution in [1.29, 1.82) is 0 Å². The Balaban J connectivity index is 0.961. The minimum Gasteiger partial charge on any atom is -0.494 e. The smallest absolute Gasteiger partial charge is 0.359 e. The van der Waals surface area contributed by atoms with E-state index in [1.54, 1.807) is 47.0 Å². The van der Waals surface area contributed by atoms with Gasteiger partial charge in [0.1, 0.15) is 0 Å². The lowest BCUT2D eigenvalue weighted by molar-refractivity contribution is -0.903. The van der Waals surface area contributed by atoms with E-state index in [0.717, 1.165) is 37.7 Å². The number of imide groups is 1. The third-order valence-electron chi connectivity index (χ3n) is 10.6. The van der Waals surface area contributed by atoms with Crippen molar-refractivity contribution >= 4 is 40.8 Å². The summed E-state index contributed by atoms with van der Waals surface area (Å²) >= 11 is 0. The molecule has 13 nitrogen and oxygen atoms in total. The van der Waals surface area contributed by atoms with Crippen LogP contribution in [0.3, 0.4) is 0 Å². The first-order valence-electron chi connectivity index (χ1n) is 19.5. The predicted octanol–water partition coefficient (Wildman–Crippen LogP) is 6.89. The standard InChI is InChI=1S/C43H47F2N7O6/c1-4-28-25-29(49-39-40-48-26-34(50(40)22-20-46-39)33-17-18-35(58-3)38(45)37(33)44)15-16-30(28)41(55)47-19-9-5-11-23-52(2,27-36(53)54)24-12-6-10-21-51-42(56)31-13-7-8-14-32(31)43(51)57/h7-8,13-18,20,22,25-26H,4-6,9-12,19,21,23-24,27H2,1-3H3,(H2-,46,47,49,53,54,55)/p+1. The molecular formula is C43H48F2N7O6+. The number of unbranched alkanes of at least 4 members (excludes halogenated alkanes) is 4. The third-order valence-corrected chi connectivity index (χ3v) is 10.6. The molecule has 2 aromatic heterocycles. The first-order chi connectivity index (χ1) is 27.9. The van der Waals surface area contributed by atoms with E-state index in [-0.39, 0.29) is 35.6 Å². The number of carbonyl (C=O) groups excluding carboxylic acids is 3. The molecule has 0 spiro atoms. The van der Waals surface area contributed by atoms with Gasteiger partial charge < -0.3 is 25.0 Å². The van der Waals surface area contributed by atoms with Gasteiger partial charge in [0.2, 0.25) is 5.82 Å². The van der Waals surface area contributed by atoms with Crippen LogP contribution in [0.4, 0.5) is 20.3 Å². The van der Waals surface area contributed by atoms with Crippen molar-refractivity contribution in [2.45, 2.75) is 51.9 Å². The van der Waals surface area contributed by atoms with Gasteiger partial charge in [0.25, 0.3) is 17.7 Å². The van der Waals surface area contributed by atoms with Crippen molar-refractivity contribution < 1.29 is 42.3 Å². The number of carboxylic acid groups (broad SMARTS) is 1. The molecule has 58 heavy (non-hydrogen) atoms. The van der Waals surface area contributed by atoms with Gasteiger partial charge in [0.05, 0.1) is 50.3 Å². The fourth-order valence-electron chi connectivity index (χ4n) is 7.49. The second kappa shape index (κ2) is 18.4. The van der Waals surface area contributed by atoms with E-state index in [1.165, 1.54) is 36.5 Å². The largest absolute Gasteiger partial charge is 0.494 e. The number of aromatic nitrogens is 3. The summed E-state index contributed by atoms with van der Waals surface area (Å²) in [5, 5.41) is 15.9. The molecule has 0 saturated heterocycles. The lowest BCUT2D eigenvalue weighted by Gasteiger charge is -2.33. The molecule has 3 heterocycles. The summed E-state index contributed by atoms with van der Waals surface area (Å²) in [6.07, 6.45) is 9.68. The maximum atomic E-state index is 14.9. The Kier molecular flexibility index (Phi) is 13.1. The zero-order valence-corrected chi connectivity index (χ0v) is 32.9. The monoisotopic (exact) mass is 796 g/mol. The van der Waals surface area contributed by atoms with E-state index in [9.17, 15) is 33.1 Å². The molecule has 1 unspecified atom stereocenters. The molecule has 3 N–H and O–H groups in total. The number of aliphatic carboxylic acids is 1. The Morgan fingerprint density at radius 1 is 0.879 bits per heavy atom. The summed E-state index contributed by atoms with van der Waals surface area (Å²) < 4.78 is 36.3. The lowest BCUT2D eigenvalue weighted by Crippen LogP contribution is -2.49. The predicted molar refractivity (Wildman–Crippen MR) is 214 cm³/mol. The Bertz CT molecular complexity index is 2300. The number of amides is 3. The zero-order valence-electron chi connectivity index (χ0n) is 32.9. The minimum atomic E-state index is -1.09. The number of halogens is 2. The quantitative estimate of drug-likeness (QED) is 0.0434. The number of carbonyl (C=O) groups is 4. The number of fused-ring (bicyclic) bond motifs is 2. The number of ether oxygens (including phenoxy) is 1. The van der Waals surface area contributed by atoms with E-state index in [1.807, 2.05) is 20.0 Å². The maximum absolute atomic E-state index is 14.9. The molecule has 304 valence electrons. The average Bonchev–Trinajstić information content (AvgIpc) is 3.75. The third kappa shape index (κ3) is 9.15. The van der Waals surface area contributed by atoms with Crippen molar-refractivity contribution in [3.8, 4) is 17.0 Å². The number of nitrogens with zero attached hydrogens (tertiary/aromatic N) is 5. The SMILES string of the molecule is CCc1cc(Nc2nccn3c(-c4ccc(OC)c(F)c4F)cnc23)ccc1C(=O)NCCCCC[N+](C)(CCCCCN1C(=O)c2ccccc2C1=O)CC(=O)O. The molecule has 0 bridgehead atoms. The molecule has 1 aliphatic heterocycles. The highest BCUT2D eigenvalue weighted by Gasteiger charge is 2.34. The van der Waals surface area contributed by atoms with Crippen LogP contribution in [0.25, 0.3) is 16.9 Å². The average molecular weight is 797 g/mol. The van der Waals surface area contributed by atoms with Gasteiger partial charge in [-0.1, -0.05) is 19.1 Å². The van der Waals surface area contributed by atoms with Crippen LogP contribution < -0.4 is 15.4 Å². The molecule has 15 heteroatoms. The van der Waals surface area contributed by atoms with Crippen LogP contribution in [-0.4, -0.2) is 99.4 Å². The highest BCUT2D eigenvalue weighted by molar-refractivity contribution is 6.21. The minimum absolute atomic E-state index is 0.000958. The van der Waals surface area contributed by atoms with Crippen molar-refractivity contribution in [3.05, 3.63) is 107 Å². The number of likely N-dealkylation sites (N-methyl/N-ethyl adjacent to an activating group) is 1. The maximum Gasteiger partial charge on any atom is 0.359 e. The summed E-state index contributed by atoms with van der Waals surface area (Å²) in [7, 11) is 3.21. The molecule has 6 rings (SSSR count). The van der Waals surface area contributed by atoms with Gasteiger partial charge in [-0.3, -0.25) is 23.7 Å². The van der Waals surface area contributed by atoms with Crippen molar-refractivity contribution in [3.63, 3.8) is 0 Å². The molecule has 5 aromatic rings. The highest BCUT2D eigenvalue weighted by atomic mass is 19.2. The number of hydrogen-bond donors (Lipinski definition) is 3. The van der Waals surface area contributed by atoms with Gasteiger partial charge in [-0.2, -0.15) is 4.39 Å². The molecular weight excluding hydrogens is 749 g/mol. The normalized spacial score (nSPS) is 13.4. The number of hydrogen-bond acceptors (Lipinski definition) is 8. The Morgan fingerprint density at radius 2 is 1.59 bits per heavy atom. The van der Waals surface area contributed by atoms with E-state index in [2.05, 4.69) is 20.6 Å². The van der Waals surface area contributed by atoms with E-state index in [0.29, 0.717) is 83.0 Å². The van der Waals surface area contributed by atoms with Gasteiger partial charge in [-0.05, 0) is 93.0 Å². The molecule has 3 amide bonds. The molecule has 0 fully saturated rings. The second-order valence-corrected chi connectivity index (χ2v) is 14.7. The van der Waals surface area contributed by atoms with Crippen molar-refractivity contribution in [2.75, 3.05) is 52.2 Å². The van der Waals surface area contributed by atoms with Gasteiger partial charge in [-0.15, -0.1) is 0 Å². The summed E-state index contributed by atoms with van der Waals surface area (Å²) in [4.78, 5) is 60.4. The summed E-state index contributed by atoms with van der Waals surface area (Å²) in [6, 6.07) is 15.0. The van der Waals surface area contributed by atoms with Crippen LogP contribution in [-0.2, 0) is 11.2 Å². The topological polar surface area (TPSA) is 155 Å². The Labute approximate surface area is 335 Å². The van der Waals surface area contributed by atoms with Crippen molar-refractivity contribution in [2.24, 2.45) is 0 Å². The fraction of sp³-hybridized carbons (Fsp3) is 0.349. The van der Waals surface area contributed by atoms with Gasteiger partial charge in [-0.25, -0.2) is 19.2 Å². The first kappa shape index (κ1) is 41.4. The van der Waals surface area contributed by atoms with Gasteiger partial charge >= 0.3 is 5.97 Å². The summed E-state index contributed by atoms with van der Waals surface area (Å²) in [5.41, 5.74) is 3.67. The second-order valence-electron chi connectivity index (χ2n) is 14.7. The lowest BCUT2D eigenvalue weighted by atomic mass is 10.0. The van der Waals surface area contributed by atoms with E-state index >= 15 is 0 Å². The summed E-state index contributed by atoms with van der Waals surface area (Å²) in [6.45, 7) is 4.10. The van der Waals surface area contributed by atoms with Crippen molar-refractivity contribution in [1.82, 2.24) is 24.6 Å².